The van der Waals surface area contributed by atoms with Gasteiger partial charge in [0.1, 0.15) is 0 Å². The molecule has 2 rings (SSSR count). The zero-order valence-electron chi connectivity index (χ0n) is 11.1. The van der Waals surface area contributed by atoms with Gasteiger partial charge in [-0.05, 0) is 60.2 Å². The van der Waals surface area contributed by atoms with Gasteiger partial charge in [0.2, 0.25) is 0 Å². The molecule has 0 radical (unpaired) electrons. The summed E-state index contributed by atoms with van der Waals surface area (Å²) < 4.78 is 14.0. The van der Waals surface area contributed by atoms with E-state index >= 15 is 0 Å². The SMILES string of the molecule is O=C(O)c1ccc(NCCC2=CCCCC2)c(F)c1Br. The monoisotopic (exact) mass is 341 g/mol. The van der Waals surface area contributed by atoms with E-state index in [-0.39, 0.29) is 10.0 Å². The van der Waals surface area contributed by atoms with Crippen molar-refractivity contribution in [3.8, 4) is 0 Å². The Morgan fingerprint density at radius 1 is 1.40 bits per heavy atom. The zero-order valence-corrected chi connectivity index (χ0v) is 12.7. The third-order valence-corrected chi connectivity index (χ3v) is 4.23. The van der Waals surface area contributed by atoms with Crippen LogP contribution in [0.5, 0.6) is 0 Å². The van der Waals surface area contributed by atoms with Crippen LogP contribution in [0.3, 0.4) is 0 Å². The molecule has 5 heteroatoms. The first kappa shape index (κ1) is 15.0. The zero-order chi connectivity index (χ0) is 14.5. The standard InChI is InChI=1S/C15H17BrFNO2/c16-13-11(15(19)20)6-7-12(14(13)17)18-9-8-10-4-2-1-3-5-10/h4,6-7,18H,1-3,5,8-9H2,(H,19,20). The molecule has 0 bridgehead atoms. The maximum atomic E-state index is 14.0. The Morgan fingerprint density at radius 3 is 2.85 bits per heavy atom. The first-order valence-electron chi connectivity index (χ1n) is 6.72. The van der Waals surface area contributed by atoms with Crippen LogP contribution in [0.25, 0.3) is 0 Å². The van der Waals surface area contributed by atoms with E-state index in [4.69, 9.17) is 5.11 Å². The Kier molecular flexibility index (Phi) is 5.17. The lowest BCUT2D eigenvalue weighted by Crippen LogP contribution is -2.08. The first-order chi connectivity index (χ1) is 9.59. The number of carboxylic acid groups (broad SMARTS) is 1. The van der Waals surface area contributed by atoms with Crippen molar-refractivity contribution < 1.29 is 14.3 Å². The Morgan fingerprint density at radius 2 is 2.20 bits per heavy atom. The number of anilines is 1. The van der Waals surface area contributed by atoms with E-state index in [2.05, 4.69) is 27.3 Å². The molecule has 0 saturated carbocycles. The summed E-state index contributed by atoms with van der Waals surface area (Å²) >= 11 is 2.99. The second-order valence-corrected chi connectivity index (χ2v) is 5.67. The Balaban J connectivity index is 1.98. The first-order valence-corrected chi connectivity index (χ1v) is 7.52. The van der Waals surface area contributed by atoms with Crippen molar-refractivity contribution in [1.82, 2.24) is 0 Å². The highest BCUT2D eigenvalue weighted by Crippen LogP contribution is 2.27. The van der Waals surface area contributed by atoms with Crippen LogP contribution in [0, 0.1) is 5.82 Å². The molecule has 0 aliphatic heterocycles. The van der Waals surface area contributed by atoms with Crippen LogP contribution in [0.2, 0.25) is 0 Å². The number of hydrogen-bond donors (Lipinski definition) is 2. The molecule has 0 unspecified atom stereocenters. The lowest BCUT2D eigenvalue weighted by molar-refractivity contribution is 0.0695. The number of benzene rings is 1. The summed E-state index contributed by atoms with van der Waals surface area (Å²) in [6.07, 6.45) is 7.94. The topological polar surface area (TPSA) is 49.3 Å². The highest BCUT2D eigenvalue weighted by molar-refractivity contribution is 9.10. The van der Waals surface area contributed by atoms with Crippen LogP contribution < -0.4 is 5.32 Å². The molecule has 108 valence electrons. The van der Waals surface area contributed by atoms with Gasteiger partial charge in [-0.1, -0.05) is 11.6 Å². The average Bonchev–Trinajstić information content (AvgIpc) is 2.44. The van der Waals surface area contributed by atoms with Gasteiger partial charge in [0.15, 0.2) is 5.82 Å². The minimum Gasteiger partial charge on any atom is -0.478 e. The average molecular weight is 342 g/mol. The molecule has 0 saturated heterocycles. The fourth-order valence-electron chi connectivity index (χ4n) is 2.34. The third-order valence-electron chi connectivity index (χ3n) is 3.46. The second-order valence-electron chi connectivity index (χ2n) is 4.88. The summed E-state index contributed by atoms with van der Waals surface area (Å²) in [5, 5.41) is 11.9. The van der Waals surface area contributed by atoms with E-state index in [0.717, 1.165) is 19.3 Å². The van der Waals surface area contributed by atoms with Crippen molar-refractivity contribution in [2.75, 3.05) is 11.9 Å². The molecular formula is C15H17BrFNO2. The van der Waals surface area contributed by atoms with Crippen molar-refractivity contribution in [2.45, 2.75) is 32.1 Å². The number of hydrogen-bond acceptors (Lipinski definition) is 2. The molecule has 0 aromatic heterocycles. The van der Waals surface area contributed by atoms with Gasteiger partial charge in [-0.3, -0.25) is 0 Å². The third kappa shape index (κ3) is 3.60. The van der Waals surface area contributed by atoms with Crippen LogP contribution in [-0.4, -0.2) is 17.6 Å². The summed E-state index contributed by atoms with van der Waals surface area (Å²) in [5.41, 5.74) is 1.69. The second kappa shape index (κ2) is 6.88. The summed E-state index contributed by atoms with van der Waals surface area (Å²) in [4.78, 5) is 10.9. The van der Waals surface area contributed by atoms with Gasteiger partial charge in [-0.15, -0.1) is 0 Å². The van der Waals surface area contributed by atoms with Crippen molar-refractivity contribution in [3.63, 3.8) is 0 Å². The Hall–Kier alpha value is -1.36. The van der Waals surface area contributed by atoms with E-state index in [9.17, 15) is 9.18 Å². The van der Waals surface area contributed by atoms with E-state index in [0.29, 0.717) is 12.2 Å². The van der Waals surface area contributed by atoms with Gasteiger partial charge in [-0.2, -0.15) is 0 Å². The number of allylic oxidation sites excluding steroid dienone is 1. The lowest BCUT2D eigenvalue weighted by Gasteiger charge is -2.14. The minimum absolute atomic E-state index is 0.00752. The molecule has 1 aliphatic rings. The molecule has 0 heterocycles. The molecular weight excluding hydrogens is 325 g/mol. The normalized spacial score (nSPS) is 14.8. The number of nitrogens with one attached hydrogen (secondary N) is 1. The Bertz CT molecular complexity index is 543. The largest absolute Gasteiger partial charge is 0.478 e. The van der Waals surface area contributed by atoms with E-state index in [1.54, 1.807) is 0 Å². The predicted octanol–water partition coefficient (Wildman–Crippen LogP) is 4.59. The fourth-order valence-corrected chi connectivity index (χ4v) is 2.86. The summed E-state index contributed by atoms with van der Waals surface area (Å²) in [7, 11) is 0. The molecule has 3 nitrogen and oxygen atoms in total. The van der Waals surface area contributed by atoms with Crippen molar-refractivity contribution in [3.05, 3.63) is 39.6 Å². The minimum atomic E-state index is -1.14. The number of rotatable bonds is 5. The van der Waals surface area contributed by atoms with Gasteiger partial charge < -0.3 is 10.4 Å². The maximum absolute atomic E-state index is 14.0. The molecule has 0 atom stereocenters. The highest BCUT2D eigenvalue weighted by Gasteiger charge is 2.15. The number of carbonyl (C=O) groups is 1. The van der Waals surface area contributed by atoms with Crippen LogP contribution in [0.1, 0.15) is 42.5 Å². The predicted molar refractivity (Wildman–Crippen MR) is 80.7 cm³/mol. The Labute approximate surface area is 126 Å². The van der Waals surface area contributed by atoms with Gasteiger partial charge >= 0.3 is 5.97 Å². The quantitative estimate of drug-likeness (QED) is 0.770. The fraction of sp³-hybridized carbons (Fsp3) is 0.400. The van der Waals surface area contributed by atoms with Crippen molar-refractivity contribution in [1.29, 1.82) is 0 Å². The van der Waals surface area contributed by atoms with E-state index in [1.807, 2.05) is 0 Å². The molecule has 20 heavy (non-hydrogen) atoms. The molecule has 0 fully saturated rings. The molecule has 2 N–H and O–H groups in total. The van der Waals surface area contributed by atoms with E-state index < -0.39 is 11.8 Å². The molecule has 1 aromatic carbocycles. The lowest BCUT2D eigenvalue weighted by atomic mass is 9.97. The van der Waals surface area contributed by atoms with Crippen LogP contribution in [-0.2, 0) is 0 Å². The smallest absolute Gasteiger partial charge is 0.336 e. The van der Waals surface area contributed by atoms with Crippen molar-refractivity contribution in [2.24, 2.45) is 0 Å². The van der Waals surface area contributed by atoms with Gasteiger partial charge in [0.05, 0.1) is 15.7 Å². The van der Waals surface area contributed by atoms with Gasteiger partial charge in [-0.25, -0.2) is 9.18 Å². The summed E-state index contributed by atoms with van der Waals surface area (Å²) in [5.74, 6) is -1.70. The molecule has 1 aromatic rings. The van der Waals surface area contributed by atoms with Crippen LogP contribution in [0.4, 0.5) is 10.1 Å². The van der Waals surface area contributed by atoms with Crippen molar-refractivity contribution >= 4 is 27.6 Å². The van der Waals surface area contributed by atoms with Gasteiger partial charge in [0.25, 0.3) is 0 Å². The highest BCUT2D eigenvalue weighted by atomic mass is 79.9. The molecule has 0 spiro atoms. The summed E-state index contributed by atoms with van der Waals surface area (Å²) in [6.45, 7) is 0.654. The summed E-state index contributed by atoms with van der Waals surface area (Å²) in [6, 6.07) is 2.87. The number of carboxylic acids is 1. The van der Waals surface area contributed by atoms with E-state index in [1.165, 1.54) is 30.5 Å². The number of aromatic carboxylic acids is 1. The number of halogens is 2. The van der Waals surface area contributed by atoms with Gasteiger partial charge in [0, 0.05) is 6.54 Å². The molecule has 1 aliphatic carbocycles. The maximum Gasteiger partial charge on any atom is 0.336 e. The molecule has 0 amide bonds. The van der Waals surface area contributed by atoms with Crippen LogP contribution >= 0.6 is 15.9 Å². The van der Waals surface area contributed by atoms with Crippen LogP contribution in [0.15, 0.2) is 28.3 Å².